The molecule has 122 valence electrons. The SMILES string of the molecule is CCCCOCCOCC(O)CNCC(CC)CCO. The van der Waals surface area contributed by atoms with E-state index >= 15 is 0 Å². The molecule has 0 rings (SSSR count). The van der Waals surface area contributed by atoms with Crippen molar-refractivity contribution in [2.75, 3.05) is 46.1 Å². The first-order chi connectivity index (χ1) is 9.74. The topological polar surface area (TPSA) is 71.0 Å². The van der Waals surface area contributed by atoms with E-state index in [1.54, 1.807) is 0 Å². The van der Waals surface area contributed by atoms with Crippen molar-refractivity contribution in [3.05, 3.63) is 0 Å². The van der Waals surface area contributed by atoms with Gasteiger partial charge in [0.1, 0.15) is 0 Å². The smallest absolute Gasteiger partial charge is 0.0897 e. The number of rotatable bonds is 15. The molecule has 0 heterocycles. The van der Waals surface area contributed by atoms with Gasteiger partial charge in [0.05, 0.1) is 25.9 Å². The van der Waals surface area contributed by atoms with E-state index < -0.39 is 6.10 Å². The molecule has 2 unspecified atom stereocenters. The Morgan fingerprint density at radius 2 is 1.80 bits per heavy atom. The van der Waals surface area contributed by atoms with Crippen LogP contribution >= 0.6 is 0 Å². The van der Waals surface area contributed by atoms with E-state index in [9.17, 15) is 5.11 Å². The number of unbranched alkanes of at least 4 members (excludes halogenated alkanes) is 1. The van der Waals surface area contributed by atoms with Gasteiger partial charge >= 0.3 is 0 Å². The van der Waals surface area contributed by atoms with E-state index in [0.717, 1.165) is 38.8 Å². The number of aliphatic hydroxyl groups is 2. The molecule has 0 aromatic heterocycles. The highest BCUT2D eigenvalue weighted by Gasteiger charge is 2.07. The summed E-state index contributed by atoms with van der Waals surface area (Å²) in [4.78, 5) is 0. The van der Waals surface area contributed by atoms with Crippen LogP contribution in [0.5, 0.6) is 0 Å². The van der Waals surface area contributed by atoms with Gasteiger partial charge in [-0.3, -0.25) is 0 Å². The molecule has 0 radical (unpaired) electrons. The van der Waals surface area contributed by atoms with Gasteiger partial charge in [0.15, 0.2) is 0 Å². The molecular weight excluding hydrogens is 258 g/mol. The fourth-order valence-electron chi connectivity index (χ4n) is 1.83. The maximum absolute atomic E-state index is 9.73. The Morgan fingerprint density at radius 3 is 2.45 bits per heavy atom. The molecule has 5 nitrogen and oxygen atoms in total. The van der Waals surface area contributed by atoms with Gasteiger partial charge in [0.25, 0.3) is 0 Å². The molecule has 0 aliphatic rings. The van der Waals surface area contributed by atoms with Crippen molar-refractivity contribution in [3.8, 4) is 0 Å². The third-order valence-corrected chi connectivity index (χ3v) is 3.25. The molecule has 0 spiro atoms. The van der Waals surface area contributed by atoms with Crippen molar-refractivity contribution in [2.24, 2.45) is 5.92 Å². The highest BCUT2D eigenvalue weighted by molar-refractivity contribution is 4.64. The molecule has 0 aliphatic carbocycles. The maximum atomic E-state index is 9.73. The molecular formula is C15H33NO4. The van der Waals surface area contributed by atoms with Crippen LogP contribution in [0.1, 0.15) is 39.5 Å². The number of hydrogen-bond acceptors (Lipinski definition) is 5. The fourth-order valence-corrected chi connectivity index (χ4v) is 1.83. The Balaban J connectivity index is 3.33. The van der Waals surface area contributed by atoms with Crippen LogP contribution in [0.2, 0.25) is 0 Å². The molecule has 0 aromatic rings. The number of aliphatic hydroxyl groups excluding tert-OH is 2. The van der Waals surface area contributed by atoms with Crippen molar-refractivity contribution in [3.63, 3.8) is 0 Å². The van der Waals surface area contributed by atoms with Crippen LogP contribution in [-0.4, -0.2) is 62.4 Å². The highest BCUT2D eigenvalue weighted by Crippen LogP contribution is 2.05. The van der Waals surface area contributed by atoms with Crippen LogP contribution in [0.15, 0.2) is 0 Å². The van der Waals surface area contributed by atoms with E-state index in [4.69, 9.17) is 14.6 Å². The minimum absolute atomic E-state index is 0.226. The summed E-state index contributed by atoms with van der Waals surface area (Å²) < 4.78 is 10.7. The number of ether oxygens (including phenoxy) is 2. The predicted molar refractivity (Wildman–Crippen MR) is 80.9 cm³/mol. The highest BCUT2D eigenvalue weighted by atomic mass is 16.5. The zero-order valence-electron chi connectivity index (χ0n) is 13.1. The van der Waals surface area contributed by atoms with Gasteiger partial charge in [0.2, 0.25) is 0 Å². The van der Waals surface area contributed by atoms with Gasteiger partial charge in [-0.05, 0) is 25.3 Å². The predicted octanol–water partition coefficient (Wildman–Crippen LogP) is 1.18. The van der Waals surface area contributed by atoms with Crippen molar-refractivity contribution in [1.29, 1.82) is 0 Å². The quantitative estimate of drug-likeness (QED) is 0.395. The average Bonchev–Trinajstić information content (AvgIpc) is 2.45. The third-order valence-electron chi connectivity index (χ3n) is 3.25. The zero-order valence-corrected chi connectivity index (χ0v) is 13.1. The monoisotopic (exact) mass is 291 g/mol. The summed E-state index contributed by atoms with van der Waals surface area (Å²) in [6.07, 6.45) is 3.58. The third kappa shape index (κ3) is 12.8. The second-order valence-corrected chi connectivity index (χ2v) is 5.14. The molecule has 5 heteroatoms. The van der Waals surface area contributed by atoms with E-state index in [1.807, 2.05) is 0 Å². The van der Waals surface area contributed by atoms with Crippen LogP contribution in [0, 0.1) is 5.92 Å². The first-order valence-corrected chi connectivity index (χ1v) is 7.89. The molecule has 3 N–H and O–H groups in total. The minimum Gasteiger partial charge on any atom is -0.396 e. The second kappa shape index (κ2) is 15.2. The van der Waals surface area contributed by atoms with Crippen LogP contribution < -0.4 is 5.32 Å². The van der Waals surface area contributed by atoms with Crippen LogP contribution in [0.4, 0.5) is 0 Å². The van der Waals surface area contributed by atoms with E-state index in [0.29, 0.717) is 32.3 Å². The number of nitrogens with one attached hydrogen (secondary N) is 1. The number of hydrogen-bond donors (Lipinski definition) is 3. The minimum atomic E-state index is -0.489. The molecule has 2 atom stereocenters. The molecule has 0 amide bonds. The van der Waals surface area contributed by atoms with E-state index in [-0.39, 0.29) is 6.61 Å². The molecule has 0 saturated carbocycles. The van der Waals surface area contributed by atoms with Gasteiger partial charge in [-0.25, -0.2) is 0 Å². The summed E-state index contributed by atoms with van der Waals surface area (Å²) in [6, 6.07) is 0. The van der Waals surface area contributed by atoms with Crippen LogP contribution in [0.3, 0.4) is 0 Å². The molecule has 0 saturated heterocycles. The Hall–Kier alpha value is -0.200. The summed E-state index contributed by atoms with van der Waals surface area (Å²) in [6.45, 7) is 8.06. The Labute approximate surface area is 123 Å². The molecule has 0 fully saturated rings. The Kier molecular flexibility index (Phi) is 15.0. The molecule has 0 aliphatic heterocycles. The standard InChI is InChI=1S/C15H33NO4/c1-3-5-8-19-9-10-20-13-15(18)12-16-11-14(4-2)6-7-17/h14-18H,3-13H2,1-2H3. The van der Waals surface area contributed by atoms with Gasteiger partial charge < -0.3 is 25.0 Å². The summed E-state index contributed by atoms with van der Waals surface area (Å²) >= 11 is 0. The van der Waals surface area contributed by atoms with Crippen LogP contribution in [0.25, 0.3) is 0 Å². The van der Waals surface area contributed by atoms with Crippen molar-refractivity contribution < 1.29 is 19.7 Å². The summed E-state index contributed by atoms with van der Waals surface area (Å²) in [5.74, 6) is 0.472. The zero-order chi connectivity index (χ0) is 15.1. The lowest BCUT2D eigenvalue weighted by molar-refractivity contribution is 0.00368. The lowest BCUT2D eigenvalue weighted by atomic mass is 10.0. The second-order valence-electron chi connectivity index (χ2n) is 5.14. The largest absolute Gasteiger partial charge is 0.396 e. The maximum Gasteiger partial charge on any atom is 0.0897 e. The van der Waals surface area contributed by atoms with Crippen molar-refractivity contribution in [1.82, 2.24) is 5.32 Å². The molecule has 0 aromatic carbocycles. The van der Waals surface area contributed by atoms with Crippen LogP contribution in [-0.2, 0) is 9.47 Å². The van der Waals surface area contributed by atoms with Crippen molar-refractivity contribution >= 4 is 0 Å². The van der Waals surface area contributed by atoms with Gasteiger partial charge in [0, 0.05) is 19.8 Å². The fraction of sp³-hybridized carbons (Fsp3) is 1.00. The van der Waals surface area contributed by atoms with Gasteiger partial charge in [-0.2, -0.15) is 0 Å². The van der Waals surface area contributed by atoms with Gasteiger partial charge in [-0.1, -0.05) is 26.7 Å². The first-order valence-electron chi connectivity index (χ1n) is 7.89. The molecule has 20 heavy (non-hydrogen) atoms. The lowest BCUT2D eigenvalue weighted by Crippen LogP contribution is -2.34. The normalized spacial score (nSPS) is 14.4. The lowest BCUT2D eigenvalue weighted by Gasteiger charge is -2.17. The first kappa shape index (κ1) is 19.8. The Bertz CT molecular complexity index is 193. The van der Waals surface area contributed by atoms with E-state index in [1.165, 1.54) is 0 Å². The van der Waals surface area contributed by atoms with E-state index in [2.05, 4.69) is 19.2 Å². The van der Waals surface area contributed by atoms with Crippen molar-refractivity contribution in [2.45, 2.75) is 45.6 Å². The molecule has 0 bridgehead atoms. The summed E-state index contributed by atoms with van der Waals surface area (Å²) in [5.41, 5.74) is 0. The summed E-state index contributed by atoms with van der Waals surface area (Å²) in [7, 11) is 0. The Morgan fingerprint density at radius 1 is 1.05 bits per heavy atom. The van der Waals surface area contributed by atoms with Gasteiger partial charge in [-0.15, -0.1) is 0 Å². The summed E-state index contributed by atoms with van der Waals surface area (Å²) in [5, 5.41) is 21.8. The average molecular weight is 291 g/mol.